The zero-order valence-corrected chi connectivity index (χ0v) is 15.3. The molecule has 0 bridgehead atoms. The van der Waals surface area contributed by atoms with E-state index in [4.69, 9.17) is 11.6 Å². The molecular weight excluding hydrogens is 451 g/mol. The van der Waals surface area contributed by atoms with Crippen molar-refractivity contribution in [3.63, 3.8) is 0 Å². The molecule has 0 aliphatic carbocycles. The summed E-state index contributed by atoms with van der Waals surface area (Å²) in [5.74, 6) is 4.28. The molecule has 0 aliphatic heterocycles. The lowest BCUT2D eigenvalue weighted by Crippen LogP contribution is -2.29. The number of anilines is 1. The number of nitrogens with zero attached hydrogens (tertiary/aromatic N) is 2. The van der Waals surface area contributed by atoms with Gasteiger partial charge in [-0.1, -0.05) is 16.5 Å². The maximum absolute atomic E-state index is 13.4. The number of alkyl halides is 3. The summed E-state index contributed by atoms with van der Waals surface area (Å²) in [6.45, 7) is 1.70. The third kappa shape index (κ3) is 4.79. The predicted molar refractivity (Wildman–Crippen MR) is 98.9 cm³/mol. The fraction of sp³-hybridized carbons (Fsp3) is 0.125. The molecule has 0 unspecified atom stereocenters. The molecule has 0 atom stereocenters. The highest BCUT2D eigenvalue weighted by atomic mass is 127. The van der Waals surface area contributed by atoms with Crippen LogP contribution in [0.4, 0.5) is 14.5 Å². The quantitative estimate of drug-likeness (QED) is 0.328. The van der Waals surface area contributed by atoms with Crippen molar-refractivity contribution >= 4 is 48.4 Å². The molecule has 1 aromatic carbocycles. The second kappa shape index (κ2) is 7.77. The highest BCUT2D eigenvalue weighted by Gasteiger charge is 2.36. The molecule has 0 spiro atoms. The Labute approximate surface area is 152 Å². The maximum Gasteiger partial charge on any atom is 0.367 e. The van der Waals surface area contributed by atoms with E-state index in [1.54, 1.807) is 25.1 Å². The minimum Gasteiger partial charge on any atom is -0.320 e. The minimum absolute atomic E-state index is 0.0809. The molecule has 1 N–H and O–H groups in total. The fourth-order valence-corrected chi connectivity index (χ4v) is 2.26. The highest BCUT2D eigenvalue weighted by molar-refractivity contribution is 14.2. The third-order valence-electron chi connectivity index (χ3n) is 2.87. The smallest absolute Gasteiger partial charge is 0.320 e. The molecular formula is C16H11ClF2IN3O. The Bertz CT molecular complexity index is 862. The SMILES string of the molecule is C=IC(F)(F)C(=O)Nc1cc(C#Cc2ccnc(Cl)n2)ccc1C. The standard InChI is InChI=1S/C16H11ClF2IN3O/c1-10-3-4-11(5-6-12-7-8-21-15(17)22-12)9-13(10)23-14(24)16(18,19)20-2/h3-4,7-9H,2H2,1H3,(H,23,24). The van der Waals surface area contributed by atoms with E-state index in [0.29, 0.717) is 16.8 Å². The number of halogens is 4. The summed E-state index contributed by atoms with van der Waals surface area (Å²) in [6.07, 6.45) is 1.48. The molecule has 2 rings (SSSR count). The van der Waals surface area contributed by atoms with Crippen molar-refractivity contribution in [3.8, 4) is 11.8 Å². The van der Waals surface area contributed by atoms with Crippen LogP contribution in [0.15, 0.2) is 30.5 Å². The Morgan fingerprint density at radius 2 is 2.12 bits per heavy atom. The summed E-state index contributed by atoms with van der Waals surface area (Å²) in [7, 11) is 0. The Balaban J connectivity index is 2.26. The van der Waals surface area contributed by atoms with Crippen LogP contribution in [0.3, 0.4) is 0 Å². The van der Waals surface area contributed by atoms with Gasteiger partial charge in [0.1, 0.15) is 5.69 Å². The summed E-state index contributed by atoms with van der Waals surface area (Å²) in [5, 5.41) is 2.31. The van der Waals surface area contributed by atoms with Gasteiger partial charge < -0.3 is 5.32 Å². The van der Waals surface area contributed by atoms with Crippen molar-refractivity contribution < 1.29 is 13.6 Å². The molecule has 0 fully saturated rings. The zero-order chi connectivity index (χ0) is 17.7. The molecule has 1 amide bonds. The minimum atomic E-state index is -3.41. The van der Waals surface area contributed by atoms with Crippen LogP contribution >= 0.6 is 32.3 Å². The van der Waals surface area contributed by atoms with Crippen LogP contribution in [-0.4, -0.2) is 24.3 Å². The number of nitrogens with one attached hydrogen (secondary N) is 1. The normalized spacial score (nSPS) is 10.7. The zero-order valence-electron chi connectivity index (χ0n) is 12.4. The van der Waals surface area contributed by atoms with Gasteiger partial charge in [-0.3, -0.25) is 4.79 Å². The summed E-state index contributed by atoms with van der Waals surface area (Å²) in [5.41, 5.74) is 1.90. The molecule has 4 nitrogen and oxygen atoms in total. The Kier molecular flexibility index (Phi) is 5.96. The average Bonchev–Trinajstić information content (AvgIpc) is 2.55. The van der Waals surface area contributed by atoms with E-state index in [0.717, 1.165) is 0 Å². The van der Waals surface area contributed by atoms with Crippen molar-refractivity contribution in [1.29, 1.82) is 0 Å². The topological polar surface area (TPSA) is 54.9 Å². The van der Waals surface area contributed by atoms with Crippen molar-refractivity contribution in [3.05, 3.63) is 52.6 Å². The van der Waals surface area contributed by atoms with Gasteiger partial charge in [-0.05, 0) is 68.9 Å². The monoisotopic (exact) mass is 461 g/mol. The van der Waals surface area contributed by atoms with E-state index in [-0.39, 0.29) is 11.0 Å². The molecule has 0 aliphatic rings. The van der Waals surface area contributed by atoms with Gasteiger partial charge >= 0.3 is 9.84 Å². The van der Waals surface area contributed by atoms with Crippen LogP contribution in [0, 0.1) is 18.8 Å². The number of aryl methyl sites for hydroxylation is 1. The third-order valence-corrected chi connectivity index (χ3v) is 4.50. The Morgan fingerprint density at radius 1 is 1.38 bits per heavy atom. The summed E-state index contributed by atoms with van der Waals surface area (Å²) in [4.78, 5) is 19.3. The molecule has 0 saturated carbocycles. The fourth-order valence-electron chi connectivity index (χ4n) is 1.63. The Hall–Kier alpha value is -1.92. The average molecular weight is 462 g/mol. The number of hydrogen-bond donors (Lipinski definition) is 1. The first kappa shape index (κ1) is 18.4. The molecule has 124 valence electrons. The van der Waals surface area contributed by atoms with Crippen LogP contribution in [-0.2, 0) is 4.79 Å². The van der Waals surface area contributed by atoms with Crippen LogP contribution in [0.1, 0.15) is 16.8 Å². The molecule has 1 aromatic heterocycles. The molecule has 8 heteroatoms. The van der Waals surface area contributed by atoms with Crippen molar-refractivity contribution in [2.45, 2.75) is 10.9 Å². The van der Waals surface area contributed by atoms with Crippen LogP contribution < -0.4 is 5.32 Å². The molecule has 2 aromatic rings. The highest BCUT2D eigenvalue weighted by Crippen LogP contribution is 2.29. The number of carbonyl (C=O) groups is 1. The van der Waals surface area contributed by atoms with E-state index in [1.807, 2.05) is 0 Å². The lowest BCUT2D eigenvalue weighted by molar-refractivity contribution is -0.127. The summed E-state index contributed by atoms with van der Waals surface area (Å²) in [6, 6.07) is 6.52. The van der Waals surface area contributed by atoms with Gasteiger partial charge in [-0.15, -0.1) is 0 Å². The van der Waals surface area contributed by atoms with Gasteiger partial charge in [-0.2, -0.15) is 8.78 Å². The van der Waals surface area contributed by atoms with Crippen LogP contribution in [0.2, 0.25) is 5.28 Å². The number of rotatable bonds is 3. The number of carbonyl (C=O) groups excluding carboxylic acids is 1. The van der Waals surface area contributed by atoms with E-state index in [1.165, 1.54) is 12.3 Å². The molecule has 0 radical (unpaired) electrons. The van der Waals surface area contributed by atoms with E-state index < -0.39 is 30.6 Å². The second-order valence-electron chi connectivity index (χ2n) is 4.58. The van der Waals surface area contributed by atoms with E-state index in [9.17, 15) is 13.6 Å². The molecule has 24 heavy (non-hydrogen) atoms. The second-order valence-corrected chi connectivity index (χ2v) is 7.03. The van der Waals surface area contributed by atoms with E-state index >= 15 is 0 Å². The number of aromatic nitrogens is 2. The first-order valence-electron chi connectivity index (χ1n) is 6.52. The van der Waals surface area contributed by atoms with Gasteiger partial charge in [0.05, 0.1) is 0 Å². The van der Waals surface area contributed by atoms with Gasteiger partial charge in [-0.25, -0.2) is 9.97 Å². The molecule has 1 heterocycles. The Morgan fingerprint density at radius 3 is 2.79 bits per heavy atom. The van der Waals surface area contributed by atoms with Crippen molar-refractivity contribution in [2.24, 2.45) is 0 Å². The maximum atomic E-state index is 13.4. The van der Waals surface area contributed by atoms with Gasteiger partial charge in [0.15, 0.2) is 0 Å². The summed E-state index contributed by atoms with van der Waals surface area (Å²) < 4.78 is 26.6. The predicted octanol–water partition coefficient (Wildman–Crippen LogP) is 3.77. The number of benzene rings is 1. The summed E-state index contributed by atoms with van der Waals surface area (Å²) >= 11 is 3.89. The van der Waals surface area contributed by atoms with E-state index in [2.05, 4.69) is 31.6 Å². The first-order valence-corrected chi connectivity index (χ1v) is 9.50. The largest absolute Gasteiger partial charge is 0.367 e. The van der Waals surface area contributed by atoms with Gasteiger partial charge in [0.2, 0.25) is 5.28 Å². The number of hydrogen-bond acceptors (Lipinski definition) is 3. The lowest BCUT2D eigenvalue weighted by Gasteiger charge is -2.13. The number of amides is 1. The van der Waals surface area contributed by atoms with Crippen LogP contribution in [0.25, 0.3) is 0 Å². The first-order chi connectivity index (χ1) is 11.3. The van der Waals surface area contributed by atoms with Gasteiger partial charge in [0, 0.05) is 17.4 Å². The van der Waals surface area contributed by atoms with Crippen LogP contribution in [0.5, 0.6) is 0 Å². The van der Waals surface area contributed by atoms with Crippen molar-refractivity contribution in [1.82, 2.24) is 9.97 Å². The van der Waals surface area contributed by atoms with Gasteiger partial charge in [0.25, 0.3) is 0 Å². The lowest BCUT2D eigenvalue weighted by atomic mass is 10.1. The molecule has 0 saturated heterocycles. The van der Waals surface area contributed by atoms with Crippen molar-refractivity contribution in [2.75, 3.05) is 5.32 Å².